The van der Waals surface area contributed by atoms with Crippen LogP contribution >= 0.6 is 0 Å². The molecule has 1 atom stereocenters. The van der Waals surface area contributed by atoms with Crippen LogP contribution in [0.5, 0.6) is 0 Å². The Morgan fingerprint density at radius 3 is 3.00 bits per heavy atom. The molecule has 0 saturated heterocycles. The Hall–Kier alpha value is -1.63. The maximum Gasteiger partial charge on any atom is 0.191 e. The molecular formula is C16H28N6O. The van der Waals surface area contributed by atoms with Crippen molar-refractivity contribution in [1.29, 1.82) is 0 Å². The van der Waals surface area contributed by atoms with E-state index in [1.54, 1.807) is 7.11 Å². The monoisotopic (exact) mass is 320 g/mol. The Kier molecular flexibility index (Phi) is 5.48. The molecule has 0 amide bonds. The van der Waals surface area contributed by atoms with Gasteiger partial charge in [0.2, 0.25) is 0 Å². The molecule has 1 aliphatic heterocycles. The van der Waals surface area contributed by atoms with Crippen molar-refractivity contribution in [2.24, 2.45) is 10.9 Å². The molecule has 3 rings (SSSR count). The summed E-state index contributed by atoms with van der Waals surface area (Å²) < 4.78 is 7.10. The van der Waals surface area contributed by atoms with Gasteiger partial charge in [-0.25, -0.2) is 9.67 Å². The molecular weight excluding hydrogens is 292 g/mol. The first-order chi connectivity index (χ1) is 11.3. The van der Waals surface area contributed by atoms with Crippen LogP contribution in [0, 0.1) is 5.92 Å². The SMILES string of the molecule is CN=C(NCCCC1CC1)NC1CCc2nc(COC)nn2C1. The molecule has 128 valence electrons. The molecule has 1 aliphatic carbocycles. The third-order valence-corrected chi connectivity index (χ3v) is 4.52. The number of hydrogen-bond acceptors (Lipinski definition) is 4. The van der Waals surface area contributed by atoms with Gasteiger partial charge in [0, 0.05) is 33.2 Å². The average Bonchev–Trinajstić information content (AvgIpc) is 3.29. The van der Waals surface area contributed by atoms with Gasteiger partial charge in [0.15, 0.2) is 11.8 Å². The minimum atomic E-state index is 0.342. The lowest BCUT2D eigenvalue weighted by Gasteiger charge is -2.25. The Morgan fingerprint density at radius 1 is 1.39 bits per heavy atom. The number of ether oxygens (including phenoxy) is 1. The normalized spacial score (nSPS) is 21.1. The standard InChI is InChI=1S/C16H28N6O/c1-17-16(18-9-3-4-12-5-6-12)19-13-7-8-15-20-14(11-23-2)21-22(15)10-13/h12-13H,3-11H2,1-2H3,(H2,17,18,19). The lowest BCUT2D eigenvalue weighted by Crippen LogP contribution is -2.47. The minimum Gasteiger partial charge on any atom is -0.377 e. The van der Waals surface area contributed by atoms with Crippen LogP contribution in [0.1, 0.15) is 43.8 Å². The summed E-state index contributed by atoms with van der Waals surface area (Å²) in [6.07, 6.45) is 7.42. The van der Waals surface area contributed by atoms with Crippen LogP contribution in [0.15, 0.2) is 4.99 Å². The topological polar surface area (TPSA) is 76.4 Å². The van der Waals surface area contributed by atoms with Crippen molar-refractivity contribution in [2.45, 2.75) is 57.7 Å². The third kappa shape index (κ3) is 4.67. The first kappa shape index (κ1) is 16.2. The lowest BCUT2D eigenvalue weighted by molar-refractivity contribution is 0.177. The van der Waals surface area contributed by atoms with Crippen LogP contribution < -0.4 is 10.6 Å². The zero-order valence-electron chi connectivity index (χ0n) is 14.2. The summed E-state index contributed by atoms with van der Waals surface area (Å²) in [7, 11) is 3.50. The van der Waals surface area contributed by atoms with E-state index in [1.807, 2.05) is 11.7 Å². The molecule has 1 unspecified atom stereocenters. The number of aromatic nitrogens is 3. The molecule has 1 aromatic heterocycles. The number of guanidine groups is 1. The fourth-order valence-corrected chi connectivity index (χ4v) is 3.06. The number of hydrogen-bond donors (Lipinski definition) is 2. The van der Waals surface area contributed by atoms with Gasteiger partial charge in [0.1, 0.15) is 12.4 Å². The number of methoxy groups -OCH3 is 1. The molecule has 7 heteroatoms. The van der Waals surface area contributed by atoms with Crippen molar-refractivity contribution >= 4 is 5.96 Å². The van der Waals surface area contributed by atoms with Gasteiger partial charge in [-0.15, -0.1) is 0 Å². The van der Waals surface area contributed by atoms with E-state index in [9.17, 15) is 0 Å². The second kappa shape index (κ2) is 7.77. The summed E-state index contributed by atoms with van der Waals surface area (Å²) >= 11 is 0. The Labute approximate surface area is 137 Å². The maximum atomic E-state index is 5.11. The molecule has 2 N–H and O–H groups in total. The largest absolute Gasteiger partial charge is 0.377 e. The first-order valence-corrected chi connectivity index (χ1v) is 8.67. The Balaban J connectivity index is 1.44. The minimum absolute atomic E-state index is 0.342. The summed E-state index contributed by atoms with van der Waals surface area (Å²) in [5.41, 5.74) is 0. The zero-order valence-corrected chi connectivity index (χ0v) is 14.2. The zero-order chi connectivity index (χ0) is 16.1. The van der Waals surface area contributed by atoms with E-state index in [2.05, 4.69) is 25.7 Å². The second-order valence-corrected chi connectivity index (χ2v) is 6.52. The number of rotatable bonds is 7. The van der Waals surface area contributed by atoms with Gasteiger partial charge in [-0.1, -0.05) is 12.8 Å². The van der Waals surface area contributed by atoms with Crippen LogP contribution in [0.25, 0.3) is 0 Å². The van der Waals surface area contributed by atoms with Gasteiger partial charge in [0.25, 0.3) is 0 Å². The molecule has 7 nitrogen and oxygen atoms in total. The highest BCUT2D eigenvalue weighted by Gasteiger charge is 2.23. The Bertz CT molecular complexity index is 537. The maximum absolute atomic E-state index is 5.11. The molecule has 1 saturated carbocycles. The van der Waals surface area contributed by atoms with Crippen LogP contribution in [-0.4, -0.2) is 47.5 Å². The van der Waals surface area contributed by atoms with Crippen molar-refractivity contribution in [3.63, 3.8) is 0 Å². The molecule has 1 fully saturated rings. The highest BCUT2D eigenvalue weighted by atomic mass is 16.5. The van der Waals surface area contributed by atoms with E-state index < -0.39 is 0 Å². The van der Waals surface area contributed by atoms with E-state index in [0.29, 0.717) is 12.6 Å². The lowest BCUT2D eigenvalue weighted by atomic mass is 10.1. The third-order valence-electron chi connectivity index (χ3n) is 4.52. The highest BCUT2D eigenvalue weighted by molar-refractivity contribution is 5.79. The summed E-state index contributed by atoms with van der Waals surface area (Å²) in [5.74, 6) is 3.72. The van der Waals surface area contributed by atoms with Gasteiger partial charge < -0.3 is 15.4 Å². The van der Waals surface area contributed by atoms with E-state index >= 15 is 0 Å². The number of fused-ring (bicyclic) bond motifs is 1. The number of aliphatic imine (C=N–C) groups is 1. The molecule has 0 radical (unpaired) electrons. The van der Waals surface area contributed by atoms with Crippen molar-refractivity contribution in [2.75, 3.05) is 20.7 Å². The van der Waals surface area contributed by atoms with E-state index in [-0.39, 0.29) is 0 Å². The van der Waals surface area contributed by atoms with Crippen LogP contribution in [-0.2, 0) is 24.3 Å². The summed E-state index contributed by atoms with van der Waals surface area (Å²) in [6.45, 7) is 2.30. The van der Waals surface area contributed by atoms with Gasteiger partial charge in [-0.2, -0.15) is 5.10 Å². The number of aryl methyl sites for hydroxylation is 1. The first-order valence-electron chi connectivity index (χ1n) is 8.67. The molecule has 0 aromatic carbocycles. The summed E-state index contributed by atoms with van der Waals surface area (Å²) in [4.78, 5) is 8.84. The molecule has 0 bridgehead atoms. The van der Waals surface area contributed by atoms with Crippen LogP contribution in [0.3, 0.4) is 0 Å². The number of nitrogens with one attached hydrogen (secondary N) is 2. The van der Waals surface area contributed by atoms with Crippen molar-refractivity contribution in [3.05, 3.63) is 11.6 Å². The van der Waals surface area contributed by atoms with Gasteiger partial charge in [0.05, 0.1) is 6.54 Å². The smallest absolute Gasteiger partial charge is 0.191 e. The fourth-order valence-electron chi connectivity index (χ4n) is 3.06. The molecule has 2 heterocycles. The van der Waals surface area contributed by atoms with E-state index in [0.717, 1.165) is 49.5 Å². The van der Waals surface area contributed by atoms with Gasteiger partial charge in [-0.3, -0.25) is 4.99 Å². The van der Waals surface area contributed by atoms with Crippen molar-refractivity contribution < 1.29 is 4.74 Å². The average molecular weight is 320 g/mol. The van der Waals surface area contributed by atoms with Crippen LogP contribution in [0.2, 0.25) is 0 Å². The van der Waals surface area contributed by atoms with Crippen molar-refractivity contribution in [1.82, 2.24) is 25.4 Å². The van der Waals surface area contributed by atoms with Gasteiger partial charge in [-0.05, 0) is 25.2 Å². The van der Waals surface area contributed by atoms with Crippen molar-refractivity contribution in [3.8, 4) is 0 Å². The second-order valence-electron chi connectivity index (χ2n) is 6.52. The molecule has 2 aliphatic rings. The predicted molar refractivity (Wildman–Crippen MR) is 89.3 cm³/mol. The van der Waals surface area contributed by atoms with Gasteiger partial charge >= 0.3 is 0 Å². The summed E-state index contributed by atoms with van der Waals surface area (Å²) in [5, 5.41) is 11.4. The van der Waals surface area contributed by atoms with E-state index in [1.165, 1.54) is 25.7 Å². The number of nitrogens with zero attached hydrogens (tertiary/aromatic N) is 4. The quantitative estimate of drug-likeness (QED) is 0.447. The van der Waals surface area contributed by atoms with E-state index in [4.69, 9.17) is 4.74 Å². The fraction of sp³-hybridized carbons (Fsp3) is 0.812. The Morgan fingerprint density at radius 2 is 2.26 bits per heavy atom. The highest BCUT2D eigenvalue weighted by Crippen LogP contribution is 2.33. The summed E-state index contributed by atoms with van der Waals surface area (Å²) in [6, 6.07) is 0.342. The molecule has 23 heavy (non-hydrogen) atoms. The van der Waals surface area contributed by atoms with Crippen LogP contribution in [0.4, 0.5) is 0 Å². The molecule has 1 aromatic rings. The predicted octanol–water partition coefficient (Wildman–Crippen LogP) is 1.09. The molecule has 0 spiro atoms.